The van der Waals surface area contributed by atoms with Gasteiger partial charge in [-0.1, -0.05) is 91.0 Å². The summed E-state index contributed by atoms with van der Waals surface area (Å²) < 4.78 is 28.1. The summed E-state index contributed by atoms with van der Waals surface area (Å²) in [5.74, 6) is -0.207. The third-order valence-electron chi connectivity index (χ3n) is 14.7. The van der Waals surface area contributed by atoms with E-state index in [9.17, 15) is 44.4 Å². The highest BCUT2D eigenvalue weighted by Crippen LogP contribution is 2.34. The molecule has 12 rings (SSSR count). The van der Waals surface area contributed by atoms with Crippen molar-refractivity contribution in [2.24, 2.45) is 31.4 Å². The number of rotatable bonds is 22. The standard InChI is InChI=1S/C21H20N2O4.2C18H16N2O3.C18H15NO4/c1-14(24)23-11-8-15-2-5-18(6-3-15)27-20-7-4-16(12-19(20)21(25)26)17-9-10-22-13-17;19-10-12-1-4-15(5-2-12)23-17-6-3-13(9-16(17)18(21)22)14-7-8-20-11-14;19-10-12-2-1-3-15(8-12)23-17-5-4-13(9-16(17)18(21)22)14-6-7-20-11-14;1-22-14-3-2-4-15(10-14)23-17-6-5-12(9-16(17)18(20)21)13-7-8-19-11-13/h2-7,9,12-13H,8,10-11H2,1H3,(H,23,24)(H,25,26);1-7,9,11H,8,10,19H2,(H,21,22);1-6,8-9,11H,7,10,19H2,(H,21,22);2-7,9-11H,8H2,1H3,(H,20,21). The highest BCUT2D eigenvalue weighted by molar-refractivity contribution is 6.14. The van der Waals surface area contributed by atoms with Crippen LogP contribution in [0.3, 0.4) is 0 Å². The van der Waals surface area contributed by atoms with Crippen LogP contribution in [0, 0.1) is 0 Å². The van der Waals surface area contributed by atoms with Crippen molar-refractivity contribution in [1.29, 1.82) is 0 Å². The summed E-state index contributed by atoms with van der Waals surface area (Å²) in [5.41, 5.74) is 21.5. The zero-order chi connectivity index (χ0) is 67.9. The number of benzene rings is 8. The van der Waals surface area contributed by atoms with Crippen LogP contribution in [0.15, 0.2) is 214 Å². The van der Waals surface area contributed by atoms with Crippen molar-refractivity contribution in [3.05, 3.63) is 255 Å². The van der Waals surface area contributed by atoms with Gasteiger partial charge in [0, 0.05) is 57.5 Å². The highest BCUT2D eigenvalue weighted by Gasteiger charge is 2.20. The van der Waals surface area contributed by atoms with Gasteiger partial charge >= 0.3 is 23.9 Å². The van der Waals surface area contributed by atoms with E-state index in [4.69, 9.17) is 35.2 Å². The molecule has 8 aromatic carbocycles. The summed E-state index contributed by atoms with van der Waals surface area (Å²) in [6, 6.07) is 49.3. The van der Waals surface area contributed by atoms with Crippen molar-refractivity contribution in [2.45, 2.75) is 26.4 Å². The smallest absolute Gasteiger partial charge is 0.339 e. The van der Waals surface area contributed by atoms with Crippen LogP contribution in [0.1, 0.15) is 87.3 Å². The van der Waals surface area contributed by atoms with Gasteiger partial charge in [0.15, 0.2) is 0 Å². The molecule has 1 amide bonds. The second kappa shape index (κ2) is 33.3. The normalized spacial score (nSPS) is 12.8. The number of carbonyl (C=O) groups is 5. The number of carboxylic acids is 4. The molecule has 21 heteroatoms. The van der Waals surface area contributed by atoms with Crippen molar-refractivity contribution >= 4 is 76.9 Å². The van der Waals surface area contributed by atoms with Gasteiger partial charge in [-0.05, 0) is 165 Å². The van der Waals surface area contributed by atoms with E-state index in [1.807, 2.05) is 85.0 Å². The number of nitrogens with two attached hydrogens (primary N) is 2. The van der Waals surface area contributed by atoms with Crippen molar-refractivity contribution in [2.75, 3.05) is 39.8 Å². The number of amides is 1. The lowest BCUT2D eigenvalue weighted by molar-refractivity contribution is -0.118. The third kappa shape index (κ3) is 18.9. The molecule has 96 heavy (non-hydrogen) atoms. The Balaban J connectivity index is 0.000000151. The molecule has 0 bridgehead atoms. The number of carboxylic acid groups (broad SMARTS) is 4. The van der Waals surface area contributed by atoms with Crippen LogP contribution in [0.25, 0.3) is 22.3 Å². The van der Waals surface area contributed by atoms with Gasteiger partial charge < -0.3 is 60.9 Å². The van der Waals surface area contributed by atoms with Crippen LogP contribution in [0.2, 0.25) is 0 Å². The highest BCUT2D eigenvalue weighted by atomic mass is 16.5. The van der Waals surface area contributed by atoms with E-state index in [2.05, 4.69) is 25.3 Å². The molecule has 0 atom stereocenters. The Hall–Kier alpha value is -12.3. The second-order valence-electron chi connectivity index (χ2n) is 21.3. The second-order valence-corrected chi connectivity index (χ2v) is 21.3. The molecule has 4 heterocycles. The molecule has 486 valence electrons. The van der Waals surface area contributed by atoms with Crippen molar-refractivity contribution in [1.82, 2.24) is 5.32 Å². The summed E-state index contributed by atoms with van der Waals surface area (Å²) in [4.78, 5) is 73.6. The Morgan fingerprint density at radius 3 is 1.05 bits per heavy atom. The molecule has 0 saturated carbocycles. The van der Waals surface area contributed by atoms with Gasteiger partial charge in [0.1, 0.15) is 74.0 Å². The van der Waals surface area contributed by atoms with Crippen LogP contribution < -0.4 is 40.5 Å². The number of carbonyl (C=O) groups excluding carboxylic acids is 1. The minimum absolute atomic E-state index is 0.0563. The molecular weight excluding hydrogens is 1220 g/mol. The molecule has 0 saturated heterocycles. The maximum Gasteiger partial charge on any atom is 0.339 e. The molecule has 4 aliphatic heterocycles. The predicted molar refractivity (Wildman–Crippen MR) is 370 cm³/mol. The largest absolute Gasteiger partial charge is 0.497 e. The quantitative estimate of drug-likeness (QED) is 0.0331. The summed E-state index contributed by atoms with van der Waals surface area (Å²) in [7, 11) is 1.56. The number of hydrogen-bond acceptors (Lipinski definition) is 16. The molecule has 0 aliphatic carbocycles. The van der Waals surface area contributed by atoms with Crippen molar-refractivity contribution < 1.29 is 68.1 Å². The van der Waals surface area contributed by atoms with E-state index < -0.39 is 23.9 Å². The van der Waals surface area contributed by atoms with E-state index >= 15 is 0 Å². The number of ether oxygens (including phenoxy) is 5. The fraction of sp³-hybridized carbons (Fsp3) is 0.133. The van der Waals surface area contributed by atoms with Crippen molar-refractivity contribution in [3.63, 3.8) is 0 Å². The van der Waals surface area contributed by atoms with Gasteiger partial charge in [0.05, 0.1) is 33.3 Å². The predicted octanol–water partition coefficient (Wildman–Crippen LogP) is 13.2. The number of nitrogens with one attached hydrogen (secondary N) is 1. The Morgan fingerprint density at radius 2 is 0.729 bits per heavy atom. The lowest BCUT2D eigenvalue weighted by atomic mass is 10.0. The lowest BCUT2D eigenvalue weighted by Gasteiger charge is -2.11. The number of allylic oxidation sites excluding steroid dienone is 4. The first-order valence-corrected chi connectivity index (χ1v) is 30.1. The molecular formula is C75H67N7O14. The Labute approximate surface area is 552 Å². The number of aliphatic imine (C=N–C) groups is 4. The van der Waals surface area contributed by atoms with Gasteiger partial charge in [-0.15, -0.1) is 0 Å². The Kier molecular flexibility index (Phi) is 23.6. The van der Waals surface area contributed by atoms with E-state index in [1.165, 1.54) is 6.92 Å². The van der Waals surface area contributed by atoms with Crippen LogP contribution in [-0.4, -0.2) is 115 Å². The SMILES string of the molecule is CC(=O)NCCc1ccc(Oc2ccc(C3=CCN=C3)cc2C(=O)O)cc1.COc1cccc(Oc2ccc(C3=CCN=C3)cc2C(=O)O)c1.NCc1ccc(Oc2ccc(C3=CCN=C3)cc2C(=O)O)cc1.NCc1cccc(Oc2ccc(C3=CCN=C3)cc2C(=O)O)c1. The van der Waals surface area contributed by atoms with E-state index in [0.717, 1.165) is 61.2 Å². The van der Waals surface area contributed by atoms with Crippen molar-refractivity contribution in [3.8, 4) is 51.7 Å². The summed E-state index contributed by atoms with van der Waals surface area (Å²) in [6.45, 7) is 5.40. The minimum atomic E-state index is -1.05. The minimum Gasteiger partial charge on any atom is -0.497 e. The van der Waals surface area contributed by atoms with Gasteiger partial charge in [0.2, 0.25) is 5.91 Å². The first-order valence-electron chi connectivity index (χ1n) is 30.1. The van der Waals surface area contributed by atoms with Gasteiger partial charge in [0.25, 0.3) is 0 Å². The monoisotopic (exact) mass is 1290 g/mol. The average molecular weight is 1290 g/mol. The molecule has 9 N–H and O–H groups in total. The average Bonchev–Trinajstić information content (AvgIpc) is 1.38. The topological polar surface area (TPSA) is 326 Å². The summed E-state index contributed by atoms with van der Waals surface area (Å²) >= 11 is 0. The molecule has 0 unspecified atom stereocenters. The molecule has 4 aliphatic rings. The number of nitrogens with zero attached hydrogens (tertiary/aromatic N) is 4. The van der Waals surface area contributed by atoms with Crippen LogP contribution in [-0.2, 0) is 24.3 Å². The molecule has 0 fully saturated rings. The zero-order valence-electron chi connectivity index (χ0n) is 52.3. The van der Waals surface area contributed by atoms with Gasteiger partial charge in [-0.25, -0.2) is 19.2 Å². The maximum absolute atomic E-state index is 11.6. The number of hydrogen-bond donors (Lipinski definition) is 7. The van der Waals surface area contributed by atoms with E-state index in [1.54, 1.807) is 141 Å². The zero-order valence-corrected chi connectivity index (χ0v) is 52.3. The number of methoxy groups -OCH3 is 1. The molecule has 0 radical (unpaired) electrons. The fourth-order valence-corrected chi connectivity index (χ4v) is 9.76. The van der Waals surface area contributed by atoms with Crippen LogP contribution in [0.5, 0.6) is 51.7 Å². The van der Waals surface area contributed by atoms with Crippen LogP contribution in [0.4, 0.5) is 0 Å². The molecule has 0 spiro atoms. The number of aromatic carboxylic acids is 4. The Morgan fingerprint density at radius 1 is 0.396 bits per heavy atom. The van der Waals surface area contributed by atoms with E-state index in [-0.39, 0.29) is 39.7 Å². The van der Waals surface area contributed by atoms with Crippen LogP contribution >= 0.6 is 0 Å². The van der Waals surface area contributed by atoms with Gasteiger partial charge in [-0.2, -0.15) is 0 Å². The first kappa shape index (κ1) is 68.0. The fourth-order valence-electron chi connectivity index (χ4n) is 9.76. The molecule has 8 aromatic rings. The van der Waals surface area contributed by atoms with E-state index in [0.29, 0.717) is 92.5 Å². The lowest BCUT2D eigenvalue weighted by Crippen LogP contribution is -2.22. The molecule has 0 aromatic heterocycles. The van der Waals surface area contributed by atoms with Gasteiger partial charge in [-0.3, -0.25) is 24.8 Å². The summed E-state index contributed by atoms with van der Waals surface area (Å²) in [5, 5.41) is 40.6. The third-order valence-corrected chi connectivity index (χ3v) is 14.7. The summed E-state index contributed by atoms with van der Waals surface area (Å²) in [6.07, 6.45) is 15.5. The molecule has 21 nitrogen and oxygen atoms in total. The first-order chi connectivity index (χ1) is 46.5. The maximum atomic E-state index is 11.6. The Bertz CT molecular complexity index is 4320.